The first-order valence-electron chi connectivity index (χ1n) is 13.2. The lowest BCUT2D eigenvalue weighted by Crippen LogP contribution is -2.42. The van der Waals surface area contributed by atoms with Gasteiger partial charge in [0.2, 0.25) is 0 Å². The van der Waals surface area contributed by atoms with Crippen molar-refractivity contribution in [3.05, 3.63) is 46.6 Å². The van der Waals surface area contributed by atoms with Gasteiger partial charge in [0.1, 0.15) is 18.5 Å². The molecule has 1 aliphatic heterocycles. The molecule has 11 heteroatoms. The van der Waals surface area contributed by atoms with Crippen LogP contribution in [0.3, 0.4) is 0 Å². The summed E-state index contributed by atoms with van der Waals surface area (Å²) >= 11 is 0. The molecule has 3 rings (SSSR count). The number of hydrogen-bond acceptors (Lipinski definition) is 5. The molecular formula is C28H41F3N4O4. The zero-order valence-corrected chi connectivity index (χ0v) is 23.9. The van der Waals surface area contributed by atoms with E-state index in [9.17, 15) is 23.1 Å². The Labute approximate surface area is 227 Å². The molecule has 2 N–H and O–H groups in total. The lowest BCUT2D eigenvalue weighted by atomic mass is 9.92. The number of amides is 1. The summed E-state index contributed by atoms with van der Waals surface area (Å²) in [5, 5.41) is 13.4. The fraction of sp³-hybridized carbons (Fsp3) is 0.643. The van der Waals surface area contributed by atoms with Crippen LogP contribution in [0, 0.1) is 0 Å². The van der Waals surface area contributed by atoms with Crippen LogP contribution in [0.2, 0.25) is 0 Å². The summed E-state index contributed by atoms with van der Waals surface area (Å²) in [5.74, 6) is -0.949. The molecule has 218 valence electrons. The Balaban J connectivity index is 2.00. The van der Waals surface area contributed by atoms with Gasteiger partial charge in [0.05, 0.1) is 23.8 Å². The third kappa shape index (κ3) is 8.43. The maximum absolute atomic E-state index is 13.5. The predicted molar refractivity (Wildman–Crippen MR) is 142 cm³/mol. The van der Waals surface area contributed by atoms with E-state index in [-0.39, 0.29) is 41.5 Å². The van der Waals surface area contributed by atoms with E-state index < -0.39 is 23.8 Å². The normalized spacial score (nSPS) is 18.0. The molecule has 0 radical (unpaired) electrons. The second kappa shape index (κ2) is 11.9. The number of aliphatic hydroxyl groups excluding tert-OH is 1. The van der Waals surface area contributed by atoms with Gasteiger partial charge in [-0.15, -0.1) is 0 Å². The number of ether oxygens (including phenoxy) is 2. The van der Waals surface area contributed by atoms with Gasteiger partial charge in [-0.1, -0.05) is 20.8 Å². The molecular weight excluding hydrogens is 513 g/mol. The van der Waals surface area contributed by atoms with E-state index in [2.05, 4.69) is 10.3 Å². The van der Waals surface area contributed by atoms with Crippen molar-refractivity contribution in [3.8, 4) is 5.75 Å². The zero-order chi connectivity index (χ0) is 29.2. The monoisotopic (exact) mass is 554 g/mol. The number of aromatic nitrogens is 2. The number of carbonyl (C=O) groups excluding carboxylic acids is 1. The van der Waals surface area contributed by atoms with Crippen LogP contribution in [-0.4, -0.2) is 57.9 Å². The molecule has 0 bridgehead atoms. The van der Waals surface area contributed by atoms with Crippen molar-refractivity contribution in [2.45, 2.75) is 90.3 Å². The second-order valence-electron chi connectivity index (χ2n) is 12.1. The minimum Gasteiger partial charge on any atom is -0.490 e. The number of aliphatic hydroxyl groups is 1. The lowest BCUT2D eigenvalue weighted by Gasteiger charge is -2.23. The van der Waals surface area contributed by atoms with Crippen LogP contribution in [0.15, 0.2) is 29.3 Å². The van der Waals surface area contributed by atoms with E-state index in [0.717, 1.165) is 36.7 Å². The number of nitrogens with zero attached hydrogens (tertiary/aromatic N) is 3. The van der Waals surface area contributed by atoms with E-state index in [1.807, 2.05) is 58.0 Å². The molecule has 2 heterocycles. The average molecular weight is 555 g/mol. The smallest absolute Gasteiger partial charge is 0.416 e. The van der Waals surface area contributed by atoms with E-state index >= 15 is 0 Å². The molecule has 0 aliphatic carbocycles. The van der Waals surface area contributed by atoms with E-state index in [1.54, 1.807) is 6.07 Å². The molecule has 0 saturated carbocycles. The van der Waals surface area contributed by atoms with E-state index in [1.165, 1.54) is 0 Å². The predicted octanol–water partition coefficient (Wildman–Crippen LogP) is 4.19. The van der Waals surface area contributed by atoms with Crippen LogP contribution in [-0.2, 0) is 29.9 Å². The standard InChI is InChI=1S/C28H41F3N4O4/c1-26(2,3)23-14-24(35(34(23)7)16-20-9-8-12-38-20)33-25(37)21-13-18(28(29,30)31)10-11-22(21)39-17-19(36)15-32-27(4,5)6/h10-11,13-14,19-20,32,36H,8-9,12,15-17H2,1-7H3/t19-,20-/m1/s1. The highest BCUT2D eigenvalue weighted by molar-refractivity contribution is 5.97. The van der Waals surface area contributed by atoms with Crippen molar-refractivity contribution in [2.24, 2.45) is 12.0 Å². The third-order valence-electron chi connectivity index (χ3n) is 6.46. The topological polar surface area (TPSA) is 90.0 Å². The Morgan fingerprint density at radius 3 is 2.46 bits per heavy atom. The van der Waals surface area contributed by atoms with Crippen LogP contribution < -0.4 is 15.5 Å². The van der Waals surface area contributed by atoms with Crippen LogP contribution in [0.4, 0.5) is 13.2 Å². The van der Waals surface area contributed by atoms with Gasteiger partial charge in [-0.05, 0) is 51.8 Å². The Kier molecular flexibility index (Phi) is 9.39. The van der Waals surface area contributed by atoms with Gasteiger partial charge in [-0.25, -0.2) is 0 Å². The minimum atomic E-state index is -4.66. The maximum atomic E-state index is 13.5. The molecule has 0 spiro atoms. The number of nitrogens with one attached hydrogen (secondary N) is 1. The van der Waals surface area contributed by atoms with Crippen LogP contribution in [0.1, 0.15) is 76.0 Å². The van der Waals surface area contributed by atoms with Crippen molar-refractivity contribution in [3.63, 3.8) is 0 Å². The first kappa shape index (κ1) is 30.9. The molecule has 39 heavy (non-hydrogen) atoms. The average Bonchev–Trinajstić information content (AvgIpc) is 3.44. The fourth-order valence-corrected chi connectivity index (χ4v) is 4.40. The number of hydrogen-bond donors (Lipinski definition) is 2. The molecule has 8 nitrogen and oxygen atoms in total. The largest absolute Gasteiger partial charge is 0.490 e. The number of alkyl halides is 3. The number of β-amino-alcohol motifs (C(OH)–C–C–N with tert-alkyl or cyclic N) is 1. The molecule has 0 unspecified atom stereocenters. The van der Waals surface area contributed by atoms with Gasteiger partial charge >= 0.3 is 6.18 Å². The molecule has 1 aliphatic rings. The maximum Gasteiger partial charge on any atom is 0.416 e. The highest BCUT2D eigenvalue weighted by Gasteiger charge is 2.32. The molecule has 2 atom stereocenters. The molecule has 1 amide bonds. The summed E-state index contributed by atoms with van der Waals surface area (Å²) in [7, 11) is 1.87. The Bertz CT molecular complexity index is 1210. The first-order chi connectivity index (χ1) is 18.0. The third-order valence-corrected chi connectivity index (χ3v) is 6.46. The van der Waals surface area contributed by atoms with Crippen LogP contribution in [0.5, 0.6) is 5.75 Å². The van der Waals surface area contributed by atoms with Crippen LogP contribution >= 0.6 is 0 Å². The molecule has 1 aromatic heterocycles. The highest BCUT2D eigenvalue weighted by atomic mass is 19.4. The summed E-state index contributed by atoms with van der Waals surface area (Å²) in [5.41, 5.74) is -0.603. The Morgan fingerprint density at radius 1 is 1.21 bits per heavy atom. The van der Waals surface area contributed by atoms with Gasteiger partial charge in [-0.3, -0.25) is 14.2 Å². The van der Waals surface area contributed by atoms with Gasteiger partial charge in [0.15, 0.2) is 5.49 Å². The summed E-state index contributed by atoms with van der Waals surface area (Å²) in [6.07, 6.45) is -3.83. The van der Waals surface area contributed by atoms with Crippen LogP contribution in [0.25, 0.3) is 0 Å². The molecule has 1 aromatic carbocycles. The second-order valence-corrected chi connectivity index (χ2v) is 12.1. The van der Waals surface area contributed by atoms with Crippen molar-refractivity contribution < 1.29 is 32.5 Å². The molecule has 1 fully saturated rings. The Hall–Kier alpha value is -2.63. The van der Waals surface area contributed by atoms with Gasteiger partial charge in [0, 0.05) is 42.9 Å². The Morgan fingerprint density at radius 2 is 1.90 bits per heavy atom. The lowest BCUT2D eigenvalue weighted by molar-refractivity contribution is -0.137. The van der Waals surface area contributed by atoms with E-state index in [0.29, 0.717) is 18.6 Å². The highest BCUT2D eigenvalue weighted by Crippen LogP contribution is 2.33. The molecule has 2 aromatic rings. The summed E-state index contributed by atoms with van der Waals surface area (Å²) in [6.45, 7) is 13.0. The summed E-state index contributed by atoms with van der Waals surface area (Å²) < 4.78 is 55.8. The number of halogens is 3. The van der Waals surface area contributed by atoms with Gasteiger partial charge in [0.25, 0.3) is 5.91 Å². The van der Waals surface area contributed by atoms with Gasteiger partial charge in [-0.2, -0.15) is 18.2 Å². The number of rotatable bonds is 8. The zero-order valence-electron chi connectivity index (χ0n) is 23.9. The fourth-order valence-electron chi connectivity index (χ4n) is 4.40. The number of carbonyl (C=O) groups is 1. The summed E-state index contributed by atoms with van der Waals surface area (Å²) in [4.78, 5) is 17.7. The van der Waals surface area contributed by atoms with Crippen molar-refractivity contribution >= 4 is 5.91 Å². The number of benzene rings is 1. The minimum absolute atomic E-state index is 0.0453. The van der Waals surface area contributed by atoms with Crippen molar-refractivity contribution in [1.29, 1.82) is 0 Å². The summed E-state index contributed by atoms with van der Waals surface area (Å²) in [6, 6.07) is 4.48. The van der Waals surface area contributed by atoms with Crippen molar-refractivity contribution in [1.82, 2.24) is 14.7 Å². The first-order valence-corrected chi connectivity index (χ1v) is 13.2. The quantitative estimate of drug-likeness (QED) is 0.511. The SMILES string of the molecule is Cn1c(C(C)(C)C)cc(=NC(=O)c2cc(C(F)(F)F)ccc2OC[C@H](O)CNC(C)(C)C)n1C[C@H]1CCCO1. The van der Waals surface area contributed by atoms with E-state index in [4.69, 9.17) is 9.47 Å². The van der Waals surface area contributed by atoms with Gasteiger partial charge < -0.3 is 19.9 Å². The van der Waals surface area contributed by atoms with Crippen molar-refractivity contribution in [2.75, 3.05) is 19.8 Å². The molecule has 1 saturated heterocycles.